The van der Waals surface area contributed by atoms with Gasteiger partial charge in [-0.05, 0) is 30.3 Å². The normalized spacial score (nSPS) is 11.6. The summed E-state index contributed by atoms with van der Waals surface area (Å²) >= 11 is 0. The van der Waals surface area contributed by atoms with Gasteiger partial charge in [0.05, 0.1) is 17.3 Å². The largest absolute Gasteiger partial charge is 0.478 e. The van der Waals surface area contributed by atoms with Crippen molar-refractivity contribution in [3.8, 4) is 5.75 Å². The van der Waals surface area contributed by atoms with E-state index in [9.17, 15) is 18.0 Å². The Morgan fingerprint density at radius 3 is 2.32 bits per heavy atom. The van der Waals surface area contributed by atoms with Crippen molar-refractivity contribution in [2.45, 2.75) is 6.18 Å². The first-order valence-electron chi connectivity index (χ1n) is 6.08. The number of halogens is 3. The standard InChI is InChI=1S/C15H10F3NO3/c16-15(17,18)13-4-2-1-3-11(13)9-19-22-12-7-5-10(6-8-12)14(20)21/h1-9H,(H,20,21)/b19-9+. The molecule has 1 N–H and O–H groups in total. The van der Waals surface area contributed by atoms with E-state index in [1.165, 1.54) is 42.5 Å². The minimum absolute atomic E-state index is 0.0683. The highest BCUT2D eigenvalue weighted by molar-refractivity contribution is 5.87. The lowest BCUT2D eigenvalue weighted by molar-refractivity contribution is -0.137. The maximum atomic E-state index is 12.8. The number of hydrogen-bond acceptors (Lipinski definition) is 3. The highest BCUT2D eigenvalue weighted by atomic mass is 19.4. The highest BCUT2D eigenvalue weighted by Crippen LogP contribution is 2.31. The number of alkyl halides is 3. The second kappa shape index (κ2) is 6.30. The van der Waals surface area contributed by atoms with Crippen LogP contribution in [0.2, 0.25) is 0 Å². The average Bonchev–Trinajstić information content (AvgIpc) is 2.47. The van der Waals surface area contributed by atoms with Crippen LogP contribution in [-0.2, 0) is 6.18 Å². The molecular formula is C15H10F3NO3. The lowest BCUT2D eigenvalue weighted by Crippen LogP contribution is -2.08. The monoisotopic (exact) mass is 309 g/mol. The number of oxime groups is 1. The molecular weight excluding hydrogens is 299 g/mol. The molecule has 0 saturated carbocycles. The number of carboxylic acids is 1. The molecule has 0 radical (unpaired) electrons. The zero-order valence-corrected chi connectivity index (χ0v) is 11.0. The smallest absolute Gasteiger partial charge is 0.417 e. The van der Waals surface area contributed by atoms with E-state index < -0.39 is 17.7 Å². The van der Waals surface area contributed by atoms with Gasteiger partial charge in [0.25, 0.3) is 0 Å². The first-order valence-corrected chi connectivity index (χ1v) is 6.08. The molecule has 0 amide bonds. The van der Waals surface area contributed by atoms with Gasteiger partial charge in [0.2, 0.25) is 0 Å². The second-order valence-corrected chi connectivity index (χ2v) is 4.24. The third kappa shape index (κ3) is 3.85. The molecule has 0 aromatic heterocycles. The zero-order valence-electron chi connectivity index (χ0n) is 11.0. The summed E-state index contributed by atoms with van der Waals surface area (Å²) in [5.41, 5.74) is -0.875. The Morgan fingerprint density at radius 2 is 1.73 bits per heavy atom. The molecule has 22 heavy (non-hydrogen) atoms. The number of hydrogen-bond donors (Lipinski definition) is 1. The molecule has 0 aliphatic rings. The lowest BCUT2D eigenvalue weighted by atomic mass is 10.1. The van der Waals surface area contributed by atoms with Crippen LogP contribution in [0.15, 0.2) is 53.7 Å². The molecule has 0 unspecified atom stereocenters. The number of carbonyl (C=O) groups is 1. The molecule has 0 atom stereocenters. The molecule has 7 heteroatoms. The van der Waals surface area contributed by atoms with Gasteiger partial charge in [0.15, 0.2) is 5.75 Å². The van der Waals surface area contributed by atoms with Gasteiger partial charge < -0.3 is 9.94 Å². The Morgan fingerprint density at radius 1 is 1.09 bits per heavy atom. The van der Waals surface area contributed by atoms with Gasteiger partial charge in [0.1, 0.15) is 0 Å². The van der Waals surface area contributed by atoms with E-state index in [1.54, 1.807) is 0 Å². The van der Waals surface area contributed by atoms with Gasteiger partial charge in [-0.15, -0.1) is 0 Å². The molecule has 114 valence electrons. The average molecular weight is 309 g/mol. The fourth-order valence-electron chi connectivity index (χ4n) is 1.67. The summed E-state index contributed by atoms with van der Waals surface area (Å²) in [5, 5.41) is 12.2. The van der Waals surface area contributed by atoms with Gasteiger partial charge in [-0.2, -0.15) is 13.2 Å². The van der Waals surface area contributed by atoms with Crippen molar-refractivity contribution in [3.05, 3.63) is 65.2 Å². The Balaban J connectivity index is 2.12. The van der Waals surface area contributed by atoms with E-state index in [1.807, 2.05) is 0 Å². The molecule has 0 aliphatic carbocycles. The van der Waals surface area contributed by atoms with E-state index in [0.717, 1.165) is 12.3 Å². The quantitative estimate of drug-likeness (QED) is 0.690. The molecule has 2 aromatic carbocycles. The van der Waals surface area contributed by atoms with Gasteiger partial charge >= 0.3 is 12.1 Å². The molecule has 0 bridgehead atoms. The van der Waals surface area contributed by atoms with E-state index in [2.05, 4.69) is 5.16 Å². The van der Waals surface area contributed by atoms with Crippen molar-refractivity contribution in [1.82, 2.24) is 0 Å². The molecule has 4 nitrogen and oxygen atoms in total. The van der Waals surface area contributed by atoms with Crippen molar-refractivity contribution < 1.29 is 27.9 Å². The number of rotatable bonds is 4. The molecule has 0 spiro atoms. The first-order chi connectivity index (χ1) is 10.4. The summed E-state index contributed by atoms with van der Waals surface area (Å²) in [6, 6.07) is 10.3. The maximum absolute atomic E-state index is 12.8. The SMILES string of the molecule is O=C(O)c1ccc(O/N=C/c2ccccc2C(F)(F)F)cc1. The number of nitrogens with zero attached hydrogens (tertiary/aromatic N) is 1. The minimum atomic E-state index is -4.48. The van der Waals surface area contributed by atoms with Crippen LogP contribution in [0.25, 0.3) is 0 Å². The molecule has 0 aliphatic heterocycles. The maximum Gasteiger partial charge on any atom is 0.417 e. The molecule has 2 aromatic rings. The summed E-state index contributed by atoms with van der Waals surface area (Å²) in [5.74, 6) is -0.875. The van der Waals surface area contributed by atoms with Crippen LogP contribution in [0, 0.1) is 0 Å². The van der Waals surface area contributed by atoms with E-state index in [0.29, 0.717) is 0 Å². The Labute approximate surface area is 123 Å². The number of aromatic carboxylic acids is 1. The molecule has 0 heterocycles. The third-order valence-corrected chi connectivity index (χ3v) is 2.72. The van der Waals surface area contributed by atoms with Gasteiger partial charge in [-0.1, -0.05) is 23.4 Å². The van der Waals surface area contributed by atoms with Gasteiger partial charge in [0, 0.05) is 5.56 Å². The first kappa shape index (κ1) is 15.6. The van der Waals surface area contributed by atoms with Crippen molar-refractivity contribution in [2.24, 2.45) is 5.16 Å². The van der Waals surface area contributed by atoms with Crippen molar-refractivity contribution >= 4 is 12.2 Å². The van der Waals surface area contributed by atoms with Gasteiger partial charge in [-0.25, -0.2) is 4.79 Å². The predicted molar refractivity (Wildman–Crippen MR) is 73.1 cm³/mol. The highest BCUT2D eigenvalue weighted by Gasteiger charge is 2.32. The minimum Gasteiger partial charge on any atom is -0.478 e. The van der Waals surface area contributed by atoms with Crippen LogP contribution in [-0.4, -0.2) is 17.3 Å². The summed E-state index contributed by atoms with van der Waals surface area (Å²) in [6.45, 7) is 0. The molecule has 0 saturated heterocycles. The van der Waals surface area contributed by atoms with Crippen LogP contribution in [0.3, 0.4) is 0 Å². The Hall–Kier alpha value is -2.83. The van der Waals surface area contributed by atoms with Crippen molar-refractivity contribution in [1.29, 1.82) is 0 Å². The summed E-state index contributed by atoms with van der Waals surface area (Å²) in [4.78, 5) is 15.6. The van der Waals surface area contributed by atoms with E-state index in [-0.39, 0.29) is 16.9 Å². The Bertz CT molecular complexity index is 694. The zero-order chi connectivity index (χ0) is 16.2. The second-order valence-electron chi connectivity index (χ2n) is 4.24. The van der Waals surface area contributed by atoms with Crippen LogP contribution in [0.5, 0.6) is 5.75 Å². The van der Waals surface area contributed by atoms with Crippen LogP contribution < -0.4 is 4.84 Å². The van der Waals surface area contributed by atoms with Crippen molar-refractivity contribution in [2.75, 3.05) is 0 Å². The fraction of sp³-hybridized carbons (Fsp3) is 0.0667. The Kier molecular flexibility index (Phi) is 4.45. The van der Waals surface area contributed by atoms with Crippen LogP contribution >= 0.6 is 0 Å². The molecule has 2 rings (SSSR count). The fourth-order valence-corrected chi connectivity index (χ4v) is 1.67. The van der Waals surface area contributed by atoms with E-state index in [4.69, 9.17) is 9.94 Å². The molecule has 0 fully saturated rings. The third-order valence-electron chi connectivity index (χ3n) is 2.72. The van der Waals surface area contributed by atoms with E-state index >= 15 is 0 Å². The predicted octanol–water partition coefficient (Wildman–Crippen LogP) is 3.82. The summed E-state index contributed by atoms with van der Waals surface area (Å²) in [6.07, 6.45) is -3.53. The van der Waals surface area contributed by atoms with Crippen LogP contribution in [0.1, 0.15) is 21.5 Å². The lowest BCUT2D eigenvalue weighted by Gasteiger charge is -2.08. The topological polar surface area (TPSA) is 58.9 Å². The number of carboxylic acid groups (broad SMARTS) is 1. The number of benzene rings is 2. The summed E-state index contributed by atoms with van der Waals surface area (Å²) < 4.78 is 38.3. The summed E-state index contributed by atoms with van der Waals surface area (Å²) in [7, 11) is 0. The van der Waals surface area contributed by atoms with Crippen molar-refractivity contribution in [3.63, 3.8) is 0 Å². The van der Waals surface area contributed by atoms with Crippen LogP contribution in [0.4, 0.5) is 13.2 Å². The van der Waals surface area contributed by atoms with Gasteiger partial charge in [-0.3, -0.25) is 0 Å².